The first kappa shape index (κ1) is 15.5. The summed E-state index contributed by atoms with van der Waals surface area (Å²) in [5.74, 6) is 0.827. The van der Waals surface area contributed by atoms with Gasteiger partial charge >= 0.3 is 0 Å². The first-order chi connectivity index (χ1) is 9.69. The molecule has 1 saturated heterocycles. The topological polar surface area (TPSA) is 33.1 Å². The quantitative estimate of drug-likeness (QED) is 0.831. The summed E-state index contributed by atoms with van der Waals surface area (Å²) in [6.45, 7) is 11.7. The van der Waals surface area contributed by atoms with Gasteiger partial charge in [0.15, 0.2) is 0 Å². The molecule has 2 unspecified atom stereocenters. The summed E-state index contributed by atoms with van der Waals surface area (Å²) in [7, 11) is 0. The first-order valence-electron chi connectivity index (χ1n) is 8.13. The van der Waals surface area contributed by atoms with Crippen molar-refractivity contribution >= 4 is 0 Å². The molecule has 0 saturated carbocycles. The fourth-order valence-electron chi connectivity index (χ4n) is 3.34. The highest BCUT2D eigenvalue weighted by molar-refractivity contribution is 4.82. The van der Waals surface area contributed by atoms with Gasteiger partial charge in [-0.1, -0.05) is 6.92 Å². The Balaban J connectivity index is 1.70. The Kier molecular flexibility index (Phi) is 6.05. The maximum absolute atomic E-state index is 4.10. The van der Waals surface area contributed by atoms with Gasteiger partial charge in [-0.3, -0.25) is 0 Å². The van der Waals surface area contributed by atoms with Crippen molar-refractivity contribution in [3.63, 3.8) is 0 Å². The molecule has 1 fully saturated rings. The van der Waals surface area contributed by atoms with Crippen molar-refractivity contribution < 1.29 is 0 Å². The van der Waals surface area contributed by atoms with E-state index in [2.05, 4.69) is 40.5 Å². The highest BCUT2D eigenvalue weighted by Crippen LogP contribution is 2.21. The fourth-order valence-corrected chi connectivity index (χ4v) is 3.34. The molecule has 2 rings (SSSR count). The predicted octanol–water partition coefficient (Wildman–Crippen LogP) is 2.37. The van der Waals surface area contributed by atoms with E-state index in [1.54, 1.807) is 0 Å². The third-order valence-corrected chi connectivity index (χ3v) is 4.47. The van der Waals surface area contributed by atoms with E-state index in [9.17, 15) is 0 Å². The number of rotatable bonds is 7. The minimum Gasteiger partial charge on any atom is -0.336 e. The summed E-state index contributed by atoms with van der Waals surface area (Å²) in [6.07, 6.45) is 9.73. The van der Waals surface area contributed by atoms with Gasteiger partial charge in [-0.25, -0.2) is 4.98 Å². The summed E-state index contributed by atoms with van der Waals surface area (Å²) in [6, 6.07) is 1.10. The molecule has 114 valence electrons. The Morgan fingerprint density at radius 2 is 2.05 bits per heavy atom. The van der Waals surface area contributed by atoms with Crippen LogP contribution in [-0.4, -0.2) is 46.2 Å². The summed E-state index contributed by atoms with van der Waals surface area (Å²) >= 11 is 0. The summed E-state index contributed by atoms with van der Waals surface area (Å²) in [5, 5.41) is 3.77. The second-order valence-corrected chi connectivity index (χ2v) is 6.29. The SMILES string of the molecule is CCCN1CCC(C(C)NC(C)Cn2ccnc2)CC1. The highest BCUT2D eigenvalue weighted by Gasteiger charge is 2.24. The lowest BCUT2D eigenvalue weighted by molar-refractivity contribution is 0.158. The molecule has 1 aliphatic rings. The van der Waals surface area contributed by atoms with Crippen molar-refractivity contribution in [3.8, 4) is 0 Å². The van der Waals surface area contributed by atoms with Crippen LogP contribution in [0.3, 0.4) is 0 Å². The number of hydrogen-bond acceptors (Lipinski definition) is 3. The van der Waals surface area contributed by atoms with E-state index in [0.29, 0.717) is 12.1 Å². The highest BCUT2D eigenvalue weighted by atomic mass is 15.1. The Bertz CT molecular complexity index is 355. The third-order valence-electron chi connectivity index (χ3n) is 4.47. The van der Waals surface area contributed by atoms with Gasteiger partial charge < -0.3 is 14.8 Å². The Hall–Kier alpha value is -0.870. The number of hydrogen-bond donors (Lipinski definition) is 1. The molecule has 4 nitrogen and oxygen atoms in total. The van der Waals surface area contributed by atoms with Crippen molar-refractivity contribution in [1.82, 2.24) is 19.8 Å². The zero-order chi connectivity index (χ0) is 14.4. The van der Waals surface area contributed by atoms with Crippen LogP contribution in [0.2, 0.25) is 0 Å². The lowest BCUT2D eigenvalue weighted by atomic mass is 9.90. The maximum atomic E-state index is 4.10. The molecule has 1 aromatic heterocycles. The molecule has 0 aliphatic carbocycles. The second kappa shape index (κ2) is 7.79. The molecule has 2 atom stereocenters. The molecule has 0 spiro atoms. The van der Waals surface area contributed by atoms with E-state index in [4.69, 9.17) is 0 Å². The molecule has 0 aromatic carbocycles. The minimum atomic E-state index is 0.493. The summed E-state index contributed by atoms with van der Waals surface area (Å²) in [5.41, 5.74) is 0. The molecule has 1 N–H and O–H groups in total. The zero-order valence-electron chi connectivity index (χ0n) is 13.3. The monoisotopic (exact) mass is 278 g/mol. The van der Waals surface area contributed by atoms with E-state index in [0.717, 1.165) is 12.5 Å². The Labute approximate surface area is 123 Å². The van der Waals surface area contributed by atoms with Crippen LogP contribution in [0.1, 0.15) is 40.0 Å². The zero-order valence-corrected chi connectivity index (χ0v) is 13.3. The van der Waals surface area contributed by atoms with Crippen LogP contribution < -0.4 is 5.32 Å². The van der Waals surface area contributed by atoms with Crippen LogP contribution in [0.5, 0.6) is 0 Å². The maximum Gasteiger partial charge on any atom is 0.0946 e. The van der Waals surface area contributed by atoms with Gasteiger partial charge in [-0.2, -0.15) is 0 Å². The average Bonchev–Trinajstić information content (AvgIpc) is 2.92. The number of imidazole rings is 1. The van der Waals surface area contributed by atoms with Crippen LogP contribution in [0.4, 0.5) is 0 Å². The van der Waals surface area contributed by atoms with Gasteiger partial charge in [0.2, 0.25) is 0 Å². The van der Waals surface area contributed by atoms with E-state index in [1.165, 1.54) is 38.9 Å². The summed E-state index contributed by atoms with van der Waals surface area (Å²) in [4.78, 5) is 6.71. The number of likely N-dealkylation sites (tertiary alicyclic amines) is 1. The van der Waals surface area contributed by atoms with Crippen molar-refractivity contribution in [2.45, 2.75) is 58.7 Å². The van der Waals surface area contributed by atoms with Gasteiger partial charge in [-0.15, -0.1) is 0 Å². The van der Waals surface area contributed by atoms with E-state index in [1.807, 2.05) is 18.7 Å². The fraction of sp³-hybridized carbons (Fsp3) is 0.812. The molecular weight excluding hydrogens is 248 g/mol. The predicted molar refractivity (Wildman–Crippen MR) is 83.7 cm³/mol. The van der Waals surface area contributed by atoms with E-state index < -0.39 is 0 Å². The number of aromatic nitrogens is 2. The molecule has 0 bridgehead atoms. The standard InChI is InChI=1S/C16H30N4/c1-4-8-19-9-5-16(6-10-19)15(3)18-14(2)12-20-11-7-17-13-20/h7,11,13-16,18H,4-6,8-10,12H2,1-3H3. The minimum absolute atomic E-state index is 0.493. The van der Waals surface area contributed by atoms with Crippen LogP contribution in [0.25, 0.3) is 0 Å². The molecule has 2 heterocycles. The smallest absolute Gasteiger partial charge is 0.0946 e. The second-order valence-electron chi connectivity index (χ2n) is 6.29. The van der Waals surface area contributed by atoms with Crippen LogP contribution in [-0.2, 0) is 6.54 Å². The van der Waals surface area contributed by atoms with Crippen LogP contribution in [0.15, 0.2) is 18.7 Å². The normalized spacial score (nSPS) is 20.9. The number of piperidine rings is 1. The molecule has 0 amide bonds. The van der Waals surface area contributed by atoms with Crippen LogP contribution in [0, 0.1) is 5.92 Å². The lowest BCUT2D eigenvalue weighted by Gasteiger charge is -2.36. The van der Waals surface area contributed by atoms with Crippen molar-refractivity contribution in [1.29, 1.82) is 0 Å². The van der Waals surface area contributed by atoms with Gasteiger partial charge in [0, 0.05) is 31.0 Å². The largest absolute Gasteiger partial charge is 0.336 e. The lowest BCUT2D eigenvalue weighted by Crippen LogP contribution is -2.45. The van der Waals surface area contributed by atoms with Gasteiger partial charge in [-0.05, 0) is 58.7 Å². The Morgan fingerprint density at radius 3 is 2.65 bits per heavy atom. The van der Waals surface area contributed by atoms with Crippen molar-refractivity contribution in [2.24, 2.45) is 5.92 Å². The molecule has 4 heteroatoms. The third kappa shape index (κ3) is 4.60. The molecule has 20 heavy (non-hydrogen) atoms. The molecular formula is C16H30N4. The first-order valence-corrected chi connectivity index (χ1v) is 8.13. The van der Waals surface area contributed by atoms with Gasteiger partial charge in [0.1, 0.15) is 0 Å². The molecule has 0 radical (unpaired) electrons. The van der Waals surface area contributed by atoms with E-state index in [-0.39, 0.29) is 0 Å². The van der Waals surface area contributed by atoms with Crippen LogP contribution >= 0.6 is 0 Å². The van der Waals surface area contributed by atoms with Crippen molar-refractivity contribution in [3.05, 3.63) is 18.7 Å². The summed E-state index contributed by atoms with van der Waals surface area (Å²) < 4.78 is 2.15. The van der Waals surface area contributed by atoms with E-state index >= 15 is 0 Å². The molecule has 1 aliphatic heterocycles. The average molecular weight is 278 g/mol. The molecule has 1 aromatic rings. The Morgan fingerprint density at radius 1 is 1.30 bits per heavy atom. The van der Waals surface area contributed by atoms with Crippen molar-refractivity contribution in [2.75, 3.05) is 19.6 Å². The number of nitrogens with one attached hydrogen (secondary N) is 1. The van der Waals surface area contributed by atoms with Gasteiger partial charge in [0.05, 0.1) is 6.33 Å². The van der Waals surface area contributed by atoms with Gasteiger partial charge in [0.25, 0.3) is 0 Å². The number of nitrogens with zero attached hydrogens (tertiary/aromatic N) is 3.